The van der Waals surface area contributed by atoms with Gasteiger partial charge in [-0.25, -0.2) is 0 Å². The minimum atomic E-state index is -4.58. The van der Waals surface area contributed by atoms with E-state index in [1.807, 2.05) is 26.0 Å². The summed E-state index contributed by atoms with van der Waals surface area (Å²) in [5, 5.41) is 6.34. The molecule has 1 aromatic carbocycles. The van der Waals surface area contributed by atoms with E-state index in [0.29, 0.717) is 11.6 Å². The second-order valence-electron chi connectivity index (χ2n) is 6.42. The second-order valence-corrected chi connectivity index (χ2v) is 10.1. The standard InChI is InChI=1S/C16H21F3N4.Cl2O2S/c1-9(2)11-6-7-13(12(8-11)10(3)4)23-15(20-5)21-14(22-23)16(17,18)19;1-5(2,3)4/h6-10H,1-5H3,(H,20,21,22);. The molecule has 0 aliphatic rings. The van der Waals surface area contributed by atoms with Crippen molar-refractivity contribution in [2.75, 3.05) is 12.4 Å². The molecule has 1 heterocycles. The van der Waals surface area contributed by atoms with Crippen LogP contribution in [0.3, 0.4) is 0 Å². The minimum Gasteiger partial charge on any atom is -0.357 e. The average molecular weight is 461 g/mol. The summed E-state index contributed by atoms with van der Waals surface area (Å²) in [6.45, 7) is 8.16. The highest BCUT2D eigenvalue weighted by Crippen LogP contribution is 2.32. The molecule has 0 unspecified atom stereocenters. The first kappa shape index (κ1) is 24.5. The van der Waals surface area contributed by atoms with E-state index >= 15 is 0 Å². The Kier molecular flexibility index (Phi) is 8.16. The highest BCUT2D eigenvalue weighted by Gasteiger charge is 2.37. The fourth-order valence-corrected chi connectivity index (χ4v) is 2.35. The fraction of sp³-hybridized carbons (Fsp3) is 0.500. The van der Waals surface area contributed by atoms with Crippen molar-refractivity contribution in [2.45, 2.75) is 45.7 Å². The average Bonchev–Trinajstić information content (AvgIpc) is 2.96. The molecule has 0 saturated heterocycles. The van der Waals surface area contributed by atoms with Gasteiger partial charge in [0.05, 0.1) is 5.69 Å². The van der Waals surface area contributed by atoms with Gasteiger partial charge in [0, 0.05) is 28.4 Å². The van der Waals surface area contributed by atoms with Gasteiger partial charge in [-0.05, 0) is 29.0 Å². The van der Waals surface area contributed by atoms with Gasteiger partial charge in [0.1, 0.15) is 0 Å². The van der Waals surface area contributed by atoms with Crippen LogP contribution in [-0.4, -0.2) is 30.2 Å². The van der Waals surface area contributed by atoms with E-state index in [-0.39, 0.29) is 11.9 Å². The Morgan fingerprint density at radius 2 is 1.64 bits per heavy atom. The summed E-state index contributed by atoms with van der Waals surface area (Å²) in [4.78, 5) is 3.55. The highest BCUT2D eigenvalue weighted by atomic mass is 36.0. The van der Waals surface area contributed by atoms with Crippen LogP contribution in [0.4, 0.5) is 19.1 Å². The van der Waals surface area contributed by atoms with Gasteiger partial charge >= 0.3 is 14.4 Å². The predicted octanol–water partition coefficient (Wildman–Crippen LogP) is 5.28. The van der Waals surface area contributed by atoms with Crippen molar-refractivity contribution in [3.05, 3.63) is 35.2 Å². The van der Waals surface area contributed by atoms with Crippen LogP contribution in [0.1, 0.15) is 56.5 Å². The van der Waals surface area contributed by atoms with Crippen molar-refractivity contribution < 1.29 is 21.6 Å². The Morgan fingerprint density at radius 1 is 1.11 bits per heavy atom. The third-order valence-electron chi connectivity index (χ3n) is 3.65. The summed E-state index contributed by atoms with van der Waals surface area (Å²) >= 11 is 0. The van der Waals surface area contributed by atoms with Crippen molar-refractivity contribution in [2.24, 2.45) is 0 Å². The van der Waals surface area contributed by atoms with E-state index in [1.54, 1.807) is 6.07 Å². The predicted molar refractivity (Wildman–Crippen MR) is 105 cm³/mol. The summed E-state index contributed by atoms with van der Waals surface area (Å²) in [6.07, 6.45) is -4.58. The quantitative estimate of drug-likeness (QED) is 0.627. The van der Waals surface area contributed by atoms with Gasteiger partial charge in [0.2, 0.25) is 5.95 Å². The summed E-state index contributed by atoms with van der Waals surface area (Å²) < 4.78 is 58.2. The molecule has 1 N–H and O–H groups in total. The van der Waals surface area contributed by atoms with Gasteiger partial charge in [0.25, 0.3) is 5.82 Å². The number of anilines is 1. The van der Waals surface area contributed by atoms with Gasteiger partial charge in [-0.1, -0.05) is 39.8 Å². The van der Waals surface area contributed by atoms with Crippen molar-refractivity contribution in [1.82, 2.24) is 14.8 Å². The summed E-state index contributed by atoms with van der Waals surface area (Å²) in [5.41, 5.74) is 2.68. The van der Waals surface area contributed by atoms with Gasteiger partial charge in [0.15, 0.2) is 0 Å². The maximum atomic E-state index is 12.9. The van der Waals surface area contributed by atoms with Crippen molar-refractivity contribution in [3.63, 3.8) is 0 Å². The summed E-state index contributed by atoms with van der Waals surface area (Å²) in [7, 11) is 6.34. The Balaban J connectivity index is 0.000000696. The highest BCUT2D eigenvalue weighted by molar-refractivity contribution is 8.31. The maximum Gasteiger partial charge on any atom is 0.453 e. The van der Waals surface area contributed by atoms with Crippen LogP contribution in [0, 0.1) is 0 Å². The molecular formula is C16H21Cl2F3N4O2S. The Bertz CT molecular complexity index is 905. The maximum absolute atomic E-state index is 12.9. The molecule has 0 radical (unpaired) electrons. The number of rotatable bonds is 4. The lowest BCUT2D eigenvalue weighted by molar-refractivity contribution is -0.144. The van der Waals surface area contributed by atoms with Gasteiger partial charge in [-0.2, -0.15) is 31.3 Å². The number of hydrogen-bond donors (Lipinski definition) is 1. The molecular weight excluding hydrogens is 440 g/mol. The van der Waals surface area contributed by atoms with Crippen molar-refractivity contribution in [3.8, 4) is 5.69 Å². The van der Waals surface area contributed by atoms with Crippen LogP contribution in [0.25, 0.3) is 5.69 Å². The van der Waals surface area contributed by atoms with Gasteiger partial charge in [-0.15, -0.1) is 5.10 Å². The third kappa shape index (κ3) is 7.14. The Labute approximate surface area is 171 Å². The third-order valence-corrected chi connectivity index (χ3v) is 3.65. The molecule has 0 aliphatic heterocycles. The minimum absolute atomic E-state index is 0.0662. The summed E-state index contributed by atoms with van der Waals surface area (Å²) in [6, 6.07) is 5.75. The SMILES string of the molecule is CNc1nc(C(F)(F)F)nn1-c1ccc(C(C)C)cc1C(C)C.O=S(=O)(Cl)Cl. The monoisotopic (exact) mass is 460 g/mol. The molecule has 0 saturated carbocycles. The van der Waals surface area contributed by atoms with Gasteiger partial charge < -0.3 is 5.32 Å². The number of nitrogens with one attached hydrogen (secondary N) is 1. The first-order valence-electron chi connectivity index (χ1n) is 8.15. The lowest BCUT2D eigenvalue weighted by Gasteiger charge is -2.17. The molecule has 158 valence electrons. The normalized spacial score (nSPS) is 12.1. The largest absolute Gasteiger partial charge is 0.453 e. The molecule has 6 nitrogen and oxygen atoms in total. The zero-order valence-electron chi connectivity index (χ0n) is 15.8. The second kappa shape index (κ2) is 9.32. The molecule has 0 amide bonds. The molecule has 0 fully saturated rings. The molecule has 0 atom stereocenters. The van der Waals surface area contributed by atoms with Gasteiger partial charge in [-0.3, -0.25) is 0 Å². The zero-order valence-corrected chi connectivity index (χ0v) is 18.2. The lowest BCUT2D eigenvalue weighted by atomic mass is 9.94. The molecule has 0 spiro atoms. The van der Waals surface area contributed by atoms with Crippen LogP contribution in [0.2, 0.25) is 0 Å². The molecule has 0 aliphatic carbocycles. The number of benzene rings is 1. The molecule has 12 heteroatoms. The van der Waals surface area contributed by atoms with E-state index < -0.39 is 20.3 Å². The van der Waals surface area contributed by atoms with Crippen LogP contribution in [-0.2, 0) is 14.4 Å². The number of hydrogen-bond acceptors (Lipinski definition) is 5. The lowest BCUT2D eigenvalue weighted by Crippen LogP contribution is -2.10. The molecule has 2 rings (SSSR count). The number of nitrogens with zero attached hydrogens (tertiary/aromatic N) is 3. The van der Waals surface area contributed by atoms with Crippen LogP contribution in [0.15, 0.2) is 18.2 Å². The topological polar surface area (TPSA) is 76.9 Å². The Morgan fingerprint density at radius 3 is 2.04 bits per heavy atom. The van der Waals surface area contributed by atoms with E-state index in [9.17, 15) is 13.2 Å². The smallest absolute Gasteiger partial charge is 0.357 e. The van der Waals surface area contributed by atoms with Crippen LogP contribution < -0.4 is 5.32 Å². The van der Waals surface area contributed by atoms with Crippen molar-refractivity contribution in [1.29, 1.82) is 0 Å². The molecule has 28 heavy (non-hydrogen) atoms. The molecule has 2 aromatic rings. The summed E-state index contributed by atoms with van der Waals surface area (Å²) in [5.74, 6) is -0.597. The van der Waals surface area contributed by atoms with Crippen molar-refractivity contribution >= 4 is 35.6 Å². The zero-order chi connectivity index (χ0) is 21.9. The van der Waals surface area contributed by atoms with Crippen LogP contribution in [0.5, 0.6) is 0 Å². The van der Waals surface area contributed by atoms with E-state index in [1.165, 1.54) is 11.7 Å². The first-order chi connectivity index (χ1) is 12.6. The first-order valence-corrected chi connectivity index (χ1v) is 11.3. The van der Waals surface area contributed by atoms with Crippen LogP contribution >= 0.6 is 21.4 Å². The Hall–Kier alpha value is -1.52. The number of halogens is 5. The molecule has 0 bridgehead atoms. The molecule has 1 aromatic heterocycles. The number of alkyl halides is 3. The van der Waals surface area contributed by atoms with E-state index in [0.717, 1.165) is 11.1 Å². The fourth-order valence-electron chi connectivity index (χ4n) is 2.35. The number of aromatic nitrogens is 3. The van der Waals surface area contributed by atoms with E-state index in [4.69, 9.17) is 8.42 Å². The van der Waals surface area contributed by atoms with E-state index in [2.05, 4.69) is 50.6 Å².